The molecule has 21 heavy (non-hydrogen) atoms. The SMILES string of the molecule is c1ccc2c(c1)CCCC2CNC1CCN2CCCC2C1. The number of aryl methyl sites for hydroxylation is 1. The van der Waals surface area contributed by atoms with E-state index in [1.165, 1.54) is 64.6 Å². The van der Waals surface area contributed by atoms with Crippen LogP contribution in [0.2, 0.25) is 0 Å². The van der Waals surface area contributed by atoms with Gasteiger partial charge in [-0.3, -0.25) is 0 Å². The molecule has 0 amide bonds. The second-order valence-electron chi connectivity index (χ2n) is 7.25. The van der Waals surface area contributed by atoms with Crippen molar-refractivity contribution in [2.45, 2.75) is 62.9 Å². The quantitative estimate of drug-likeness (QED) is 0.916. The van der Waals surface area contributed by atoms with Crippen LogP contribution in [-0.4, -0.2) is 36.6 Å². The van der Waals surface area contributed by atoms with Gasteiger partial charge < -0.3 is 10.2 Å². The predicted molar refractivity (Wildman–Crippen MR) is 87.7 cm³/mol. The minimum atomic E-state index is 0.747. The van der Waals surface area contributed by atoms with Gasteiger partial charge in [-0.2, -0.15) is 0 Å². The summed E-state index contributed by atoms with van der Waals surface area (Å²) in [6.07, 6.45) is 9.61. The Kier molecular flexibility index (Phi) is 4.00. The Labute approximate surface area is 128 Å². The van der Waals surface area contributed by atoms with E-state index >= 15 is 0 Å². The van der Waals surface area contributed by atoms with Gasteiger partial charge in [0.15, 0.2) is 0 Å². The molecular weight excluding hydrogens is 256 g/mol. The lowest BCUT2D eigenvalue weighted by atomic mass is 9.82. The Morgan fingerprint density at radius 1 is 1.05 bits per heavy atom. The molecule has 3 unspecified atom stereocenters. The van der Waals surface area contributed by atoms with Crippen molar-refractivity contribution in [3.63, 3.8) is 0 Å². The van der Waals surface area contributed by atoms with E-state index in [4.69, 9.17) is 0 Å². The molecule has 0 spiro atoms. The minimum absolute atomic E-state index is 0.747. The number of hydrogen-bond donors (Lipinski definition) is 1. The summed E-state index contributed by atoms with van der Waals surface area (Å²) in [4.78, 5) is 2.72. The fraction of sp³-hybridized carbons (Fsp3) is 0.684. The topological polar surface area (TPSA) is 15.3 Å². The lowest BCUT2D eigenvalue weighted by Gasteiger charge is -2.36. The Hall–Kier alpha value is -0.860. The first-order valence-corrected chi connectivity index (χ1v) is 8.95. The molecule has 2 nitrogen and oxygen atoms in total. The highest BCUT2D eigenvalue weighted by Crippen LogP contribution is 2.32. The van der Waals surface area contributed by atoms with Gasteiger partial charge in [-0.05, 0) is 75.1 Å². The number of piperidine rings is 1. The van der Waals surface area contributed by atoms with Gasteiger partial charge in [-0.15, -0.1) is 0 Å². The van der Waals surface area contributed by atoms with E-state index in [-0.39, 0.29) is 0 Å². The highest BCUT2D eigenvalue weighted by atomic mass is 15.2. The highest BCUT2D eigenvalue weighted by molar-refractivity contribution is 5.32. The smallest absolute Gasteiger partial charge is 0.0111 e. The monoisotopic (exact) mass is 284 g/mol. The molecular formula is C19H28N2. The molecule has 1 N–H and O–H groups in total. The van der Waals surface area contributed by atoms with Crippen molar-refractivity contribution < 1.29 is 0 Å². The zero-order valence-corrected chi connectivity index (χ0v) is 13.1. The zero-order chi connectivity index (χ0) is 14.1. The van der Waals surface area contributed by atoms with Crippen LogP contribution in [0.1, 0.15) is 55.6 Å². The molecule has 3 atom stereocenters. The third-order valence-corrected chi connectivity index (χ3v) is 5.97. The number of hydrogen-bond acceptors (Lipinski definition) is 2. The maximum absolute atomic E-state index is 3.92. The Morgan fingerprint density at radius 2 is 2.00 bits per heavy atom. The molecule has 2 aliphatic heterocycles. The second-order valence-corrected chi connectivity index (χ2v) is 7.25. The van der Waals surface area contributed by atoms with Crippen molar-refractivity contribution in [2.24, 2.45) is 0 Å². The largest absolute Gasteiger partial charge is 0.313 e. The molecule has 1 aromatic rings. The molecule has 114 valence electrons. The summed E-state index contributed by atoms with van der Waals surface area (Å²) in [7, 11) is 0. The van der Waals surface area contributed by atoms with Crippen LogP contribution in [0.3, 0.4) is 0 Å². The Balaban J connectivity index is 1.35. The molecule has 3 aliphatic rings. The van der Waals surface area contributed by atoms with E-state index in [9.17, 15) is 0 Å². The van der Waals surface area contributed by atoms with E-state index in [1.807, 2.05) is 0 Å². The van der Waals surface area contributed by atoms with Gasteiger partial charge in [0, 0.05) is 18.6 Å². The standard InChI is InChI=1S/C19H28N2/c1-2-9-19-15(5-1)6-3-7-16(19)14-20-17-10-12-21-11-4-8-18(21)13-17/h1-2,5,9,16-18,20H,3-4,6-8,10-14H2. The van der Waals surface area contributed by atoms with E-state index in [2.05, 4.69) is 34.5 Å². The van der Waals surface area contributed by atoms with Gasteiger partial charge in [0.05, 0.1) is 0 Å². The number of fused-ring (bicyclic) bond motifs is 2. The summed E-state index contributed by atoms with van der Waals surface area (Å²) < 4.78 is 0. The molecule has 1 aliphatic carbocycles. The minimum Gasteiger partial charge on any atom is -0.313 e. The van der Waals surface area contributed by atoms with Gasteiger partial charge in [0.2, 0.25) is 0 Å². The Bertz CT molecular complexity index is 484. The van der Waals surface area contributed by atoms with Crippen LogP contribution >= 0.6 is 0 Å². The third kappa shape index (κ3) is 2.89. The van der Waals surface area contributed by atoms with Crippen molar-refractivity contribution in [3.8, 4) is 0 Å². The summed E-state index contributed by atoms with van der Waals surface area (Å²) in [6, 6.07) is 10.8. The van der Waals surface area contributed by atoms with Crippen LogP contribution in [0.4, 0.5) is 0 Å². The maximum atomic E-state index is 3.92. The summed E-state index contributed by atoms with van der Waals surface area (Å²) in [6.45, 7) is 3.87. The van der Waals surface area contributed by atoms with Crippen LogP contribution in [-0.2, 0) is 6.42 Å². The van der Waals surface area contributed by atoms with Crippen LogP contribution in [0.25, 0.3) is 0 Å². The first kappa shape index (κ1) is 13.8. The summed E-state index contributed by atoms with van der Waals surface area (Å²) >= 11 is 0. The van der Waals surface area contributed by atoms with E-state index in [1.54, 1.807) is 11.1 Å². The van der Waals surface area contributed by atoms with Crippen molar-refractivity contribution in [2.75, 3.05) is 19.6 Å². The van der Waals surface area contributed by atoms with Crippen LogP contribution in [0.15, 0.2) is 24.3 Å². The molecule has 0 saturated carbocycles. The van der Waals surface area contributed by atoms with Gasteiger partial charge in [0.1, 0.15) is 0 Å². The number of benzene rings is 1. The molecule has 2 saturated heterocycles. The first-order chi connectivity index (χ1) is 10.4. The maximum Gasteiger partial charge on any atom is 0.0111 e. The summed E-state index contributed by atoms with van der Waals surface area (Å²) in [5.74, 6) is 0.747. The fourth-order valence-electron chi connectivity index (χ4n) is 4.79. The summed E-state index contributed by atoms with van der Waals surface area (Å²) in [5, 5.41) is 3.92. The van der Waals surface area contributed by atoms with E-state index in [0.29, 0.717) is 0 Å². The van der Waals surface area contributed by atoms with Crippen LogP contribution in [0, 0.1) is 0 Å². The fourth-order valence-corrected chi connectivity index (χ4v) is 4.79. The van der Waals surface area contributed by atoms with Crippen molar-refractivity contribution in [1.82, 2.24) is 10.2 Å². The molecule has 0 bridgehead atoms. The van der Waals surface area contributed by atoms with Crippen LogP contribution in [0.5, 0.6) is 0 Å². The lowest BCUT2D eigenvalue weighted by molar-refractivity contribution is 0.166. The second kappa shape index (κ2) is 6.10. The Morgan fingerprint density at radius 3 is 3.00 bits per heavy atom. The van der Waals surface area contributed by atoms with Crippen molar-refractivity contribution >= 4 is 0 Å². The van der Waals surface area contributed by atoms with E-state index < -0.39 is 0 Å². The predicted octanol–water partition coefficient (Wildman–Crippen LogP) is 3.32. The molecule has 4 rings (SSSR count). The van der Waals surface area contributed by atoms with Gasteiger partial charge in [-0.1, -0.05) is 24.3 Å². The molecule has 2 heteroatoms. The molecule has 0 radical (unpaired) electrons. The zero-order valence-electron chi connectivity index (χ0n) is 13.1. The molecule has 2 heterocycles. The summed E-state index contributed by atoms with van der Waals surface area (Å²) in [5.41, 5.74) is 3.22. The van der Waals surface area contributed by atoms with Crippen LogP contribution < -0.4 is 5.32 Å². The van der Waals surface area contributed by atoms with Crippen molar-refractivity contribution in [1.29, 1.82) is 0 Å². The van der Waals surface area contributed by atoms with Crippen molar-refractivity contribution in [3.05, 3.63) is 35.4 Å². The van der Waals surface area contributed by atoms with E-state index in [0.717, 1.165) is 18.0 Å². The molecule has 0 aromatic heterocycles. The number of nitrogens with zero attached hydrogens (tertiary/aromatic N) is 1. The van der Waals surface area contributed by atoms with Gasteiger partial charge >= 0.3 is 0 Å². The molecule has 1 aromatic carbocycles. The lowest BCUT2D eigenvalue weighted by Crippen LogP contribution is -2.46. The van der Waals surface area contributed by atoms with Gasteiger partial charge in [-0.25, -0.2) is 0 Å². The highest BCUT2D eigenvalue weighted by Gasteiger charge is 2.31. The third-order valence-electron chi connectivity index (χ3n) is 5.97. The number of rotatable bonds is 3. The van der Waals surface area contributed by atoms with Gasteiger partial charge in [0.25, 0.3) is 0 Å². The normalized spacial score (nSPS) is 32.7. The number of nitrogens with one attached hydrogen (secondary N) is 1. The average molecular weight is 284 g/mol. The molecule has 2 fully saturated rings. The average Bonchev–Trinajstić information content (AvgIpc) is 3.00. The first-order valence-electron chi connectivity index (χ1n) is 8.95.